The number of halogens is 3. The fourth-order valence-electron chi connectivity index (χ4n) is 1.57. The number of amides is 1. The van der Waals surface area contributed by atoms with E-state index in [0.717, 1.165) is 0 Å². The largest absolute Gasteiger partial charge is 0.545 e. The van der Waals surface area contributed by atoms with Gasteiger partial charge >= 0.3 is 0 Å². The highest BCUT2D eigenvalue weighted by Crippen LogP contribution is 2.30. The van der Waals surface area contributed by atoms with Crippen LogP contribution in [-0.4, -0.2) is 26.9 Å². The van der Waals surface area contributed by atoms with Crippen LogP contribution in [-0.2, 0) is 4.79 Å². The van der Waals surface area contributed by atoms with E-state index in [9.17, 15) is 14.7 Å². The minimum absolute atomic E-state index is 0.0215. The molecule has 1 aromatic rings. The number of hydrogen-bond donors (Lipinski definition) is 3. The predicted octanol–water partition coefficient (Wildman–Crippen LogP) is 2.20. The summed E-state index contributed by atoms with van der Waals surface area (Å²) in [6, 6.07) is 5.83. The number of carboxylic acids is 1. The average molecular weight is 426 g/mol. The number of carbonyl (C=O) groups excluding carboxylic acids is 2. The molecule has 1 rings (SSSR count). The molecular weight excluding hydrogens is 409 g/mol. The summed E-state index contributed by atoms with van der Waals surface area (Å²) >= 11 is 22.8. The van der Waals surface area contributed by atoms with Gasteiger partial charge in [-0.25, -0.2) is 0 Å². The molecule has 25 heavy (non-hydrogen) atoms. The van der Waals surface area contributed by atoms with E-state index in [1.807, 2.05) is 0 Å². The first kappa shape index (κ1) is 21.8. The molecule has 0 aliphatic carbocycles. The Hall–Kier alpha value is -1.28. The van der Waals surface area contributed by atoms with E-state index in [2.05, 4.69) is 16.0 Å². The molecule has 0 aliphatic rings. The van der Waals surface area contributed by atoms with Crippen molar-refractivity contribution in [3.8, 4) is 0 Å². The monoisotopic (exact) mass is 424 g/mol. The van der Waals surface area contributed by atoms with E-state index in [0.29, 0.717) is 5.69 Å². The second-order valence-corrected chi connectivity index (χ2v) is 8.94. The smallest absolute Gasteiger partial charge is 0.228 e. The van der Waals surface area contributed by atoms with Gasteiger partial charge in [-0.15, -0.1) is 0 Å². The van der Waals surface area contributed by atoms with E-state index in [1.165, 1.54) is 18.2 Å². The van der Waals surface area contributed by atoms with Crippen molar-refractivity contribution in [2.75, 3.05) is 5.32 Å². The molecule has 0 saturated heterocycles. The number of alkyl halides is 3. The zero-order chi connectivity index (χ0) is 19.4. The first-order valence-corrected chi connectivity index (χ1v) is 8.61. The highest BCUT2D eigenvalue weighted by molar-refractivity contribution is 7.80. The lowest BCUT2D eigenvalue weighted by Crippen LogP contribution is -2.58. The van der Waals surface area contributed by atoms with Crippen molar-refractivity contribution in [1.29, 1.82) is 0 Å². The van der Waals surface area contributed by atoms with E-state index in [-0.39, 0.29) is 16.6 Å². The number of hydrogen-bond acceptors (Lipinski definition) is 4. The van der Waals surface area contributed by atoms with Crippen LogP contribution < -0.4 is 21.1 Å². The summed E-state index contributed by atoms with van der Waals surface area (Å²) in [5.41, 5.74) is -0.329. The molecule has 3 N–H and O–H groups in total. The average Bonchev–Trinajstić information content (AvgIpc) is 2.44. The van der Waals surface area contributed by atoms with Crippen LogP contribution >= 0.6 is 47.0 Å². The number of carboxylic acid groups (broad SMARTS) is 1. The van der Waals surface area contributed by atoms with Crippen LogP contribution in [0.15, 0.2) is 24.3 Å². The van der Waals surface area contributed by atoms with Crippen molar-refractivity contribution < 1.29 is 14.7 Å². The molecule has 6 nitrogen and oxygen atoms in total. The van der Waals surface area contributed by atoms with Gasteiger partial charge in [0.05, 0.1) is 5.97 Å². The third-order valence-corrected chi connectivity index (χ3v) is 3.79. The fourth-order valence-corrected chi connectivity index (χ4v) is 2.13. The molecule has 0 saturated carbocycles. The van der Waals surface area contributed by atoms with Gasteiger partial charge in [-0.05, 0) is 29.9 Å². The Bertz CT molecular complexity index is 672. The van der Waals surface area contributed by atoms with Crippen molar-refractivity contribution in [3.05, 3.63) is 29.8 Å². The van der Waals surface area contributed by atoms with Crippen LogP contribution in [0.2, 0.25) is 0 Å². The van der Waals surface area contributed by atoms with Crippen LogP contribution in [0.3, 0.4) is 0 Å². The number of rotatable bonds is 4. The van der Waals surface area contributed by atoms with Crippen LogP contribution in [0.5, 0.6) is 0 Å². The first-order chi connectivity index (χ1) is 11.3. The number of aromatic carboxylic acids is 1. The molecule has 0 aromatic heterocycles. The molecular formula is C15H17Cl3N3O3S-. The van der Waals surface area contributed by atoms with Gasteiger partial charge < -0.3 is 25.9 Å². The Labute approximate surface area is 166 Å². The van der Waals surface area contributed by atoms with Gasteiger partial charge in [-0.3, -0.25) is 4.79 Å². The Kier molecular flexibility index (Phi) is 7.31. The standard InChI is InChI=1S/C15H18Cl3N3O3S/c1-14(2,3)12(24)20-11(15(16,17)18)21-13(25)19-9-6-4-5-8(7-9)10(22)23/h4-7,11H,1-3H3,(H,20,24)(H,22,23)(H2,19,21,25)/p-1/t11-/m0/s1. The van der Waals surface area contributed by atoms with Gasteiger partial charge in [-0.1, -0.05) is 67.7 Å². The molecule has 10 heteroatoms. The Morgan fingerprint density at radius 1 is 1.16 bits per heavy atom. The van der Waals surface area contributed by atoms with Crippen molar-refractivity contribution in [2.45, 2.75) is 30.7 Å². The quantitative estimate of drug-likeness (QED) is 0.389. The molecule has 0 aliphatic heterocycles. The Morgan fingerprint density at radius 3 is 2.24 bits per heavy atom. The number of thiocarbonyl (C=S) groups is 1. The number of anilines is 1. The molecule has 0 unspecified atom stereocenters. The van der Waals surface area contributed by atoms with Gasteiger partial charge in [0.1, 0.15) is 6.17 Å². The van der Waals surface area contributed by atoms with E-state index >= 15 is 0 Å². The fraction of sp³-hybridized carbons (Fsp3) is 0.400. The summed E-state index contributed by atoms with van der Waals surface area (Å²) in [5.74, 6) is -1.67. The lowest BCUT2D eigenvalue weighted by atomic mass is 9.95. The molecule has 1 atom stereocenters. The van der Waals surface area contributed by atoms with Gasteiger partial charge in [-0.2, -0.15) is 0 Å². The Morgan fingerprint density at radius 2 is 1.76 bits per heavy atom. The second kappa shape index (κ2) is 8.40. The molecule has 0 bridgehead atoms. The summed E-state index contributed by atoms with van der Waals surface area (Å²) in [5, 5.41) is 18.9. The zero-order valence-corrected chi connectivity index (χ0v) is 16.7. The van der Waals surface area contributed by atoms with Gasteiger partial charge in [0.15, 0.2) is 5.11 Å². The van der Waals surface area contributed by atoms with Crippen molar-refractivity contribution in [2.24, 2.45) is 5.41 Å². The Balaban J connectivity index is 2.84. The highest BCUT2D eigenvalue weighted by Gasteiger charge is 2.36. The minimum atomic E-state index is -1.88. The summed E-state index contributed by atoms with van der Waals surface area (Å²) in [6.07, 6.45) is -1.10. The van der Waals surface area contributed by atoms with Crippen LogP contribution in [0, 0.1) is 5.41 Å². The van der Waals surface area contributed by atoms with Crippen LogP contribution in [0.25, 0.3) is 0 Å². The third kappa shape index (κ3) is 7.23. The highest BCUT2D eigenvalue weighted by atomic mass is 35.6. The SMILES string of the molecule is CC(C)(C)C(=O)N[C@@H](NC(=S)Nc1cccc(C(=O)[O-])c1)C(Cl)(Cl)Cl. The van der Waals surface area contributed by atoms with Crippen molar-refractivity contribution in [3.63, 3.8) is 0 Å². The maximum atomic E-state index is 12.1. The summed E-state index contributed by atoms with van der Waals surface area (Å²) in [7, 11) is 0. The van der Waals surface area contributed by atoms with Crippen molar-refractivity contribution in [1.82, 2.24) is 10.6 Å². The molecule has 0 fully saturated rings. The molecule has 1 aromatic carbocycles. The number of nitrogens with one attached hydrogen (secondary N) is 3. The summed E-state index contributed by atoms with van der Waals surface area (Å²) < 4.78 is -1.88. The molecule has 0 heterocycles. The number of carbonyl (C=O) groups is 2. The lowest BCUT2D eigenvalue weighted by molar-refractivity contribution is -0.255. The van der Waals surface area contributed by atoms with Crippen molar-refractivity contribution >= 4 is 69.7 Å². The van der Waals surface area contributed by atoms with Gasteiger partial charge in [0.2, 0.25) is 9.70 Å². The van der Waals surface area contributed by atoms with E-state index in [4.69, 9.17) is 47.0 Å². The van der Waals surface area contributed by atoms with Gasteiger partial charge in [0, 0.05) is 11.1 Å². The minimum Gasteiger partial charge on any atom is -0.545 e. The zero-order valence-electron chi connectivity index (χ0n) is 13.7. The molecule has 0 radical (unpaired) electrons. The van der Waals surface area contributed by atoms with E-state index in [1.54, 1.807) is 26.8 Å². The second-order valence-electron chi connectivity index (χ2n) is 6.16. The lowest BCUT2D eigenvalue weighted by Gasteiger charge is -2.30. The normalized spacial score (nSPS) is 12.9. The van der Waals surface area contributed by atoms with Crippen LogP contribution in [0.4, 0.5) is 5.69 Å². The molecule has 0 spiro atoms. The predicted molar refractivity (Wildman–Crippen MR) is 102 cm³/mol. The maximum Gasteiger partial charge on any atom is 0.228 e. The third-order valence-electron chi connectivity index (χ3n) is 2.92. The summed E-state index contributed by atoms with van der Waals surface area (Å²) in [4.78, 5) is 23.0. The first-order valence-electron chi connectivity index (χ1n) is 7.07. The number of benzene rings is 1. The topological polar surface area (TPSA) is 93.3 Å². The van der Waals surface area contributed by atoms with E-state index < -0.39 is 21.3 Å². The maximum absolute atomic E-state index is 12.1. The molecule has 1 amide bonds. The molecule has 138 valence electrons. The summed E-state index contributed by atoms with van der Waals surface area (Å²) in [6.45, 7) is 5.12. The van der Waals surface area contributed by atoms with Crippen LogP contribution in [0.1, 0.15) is 31.1 Å². The van der Waals surface area contributed by atoms with Gasteiger partial charge in [0.25, 0.3) is 0 Å².